The smallest absolute Gasteiger partial charge is 0.0325 e. The van der Waals surface area contributed by atoms with Crippen LogP contribution in [0, 0.1) is 17.8 Å². The normalized spacial score (nSPS) is 30.0. The van der Waals surface area contributed by atoms with Gasteiger partial charge in [0, 0.05) is 33.9 Å². The van der Waals surface area contributed by atoms with E-state index in [2.05, 4.69) is 65.4 Å². The van der Waals surface area contributed by atoms with Gasteiger partial charge < -0.3 is 10.2 Å². The van der Waals surface area contributed by atoms with E-state index < -0.39 is 0 Å². The van der Waals surface area contributed by atoms with Gasteiger partial charge in [0.15, 0.2) is 0 Å². The van der Waals surface area contributed by atoms with Gasteiger partial charge in [0.05, 0.1) is 0 Å². The van der Waals surface area contributed by atoms with Gasteiger partial charge in [-0.15, -0.1) is 11.3 Å². The molecule has 0 aromatic carbocycles. The van der Waals surface area contributed by atoms with Crippen molar-refractivity contribution in [2.24, 2.45) is 17.8 Å². The highest BCUT2D eigenvalue weighted by molar-refractivity contribution is 9.10. The van der Waals surface area contributed by atoms with Gasteiger partial charge in [-0.2, -0.15) is 0 Å². The molecule has 1 saturated carbocycles. The second-order valence-electron chi connectivity index (χ2n) is 6.81. The standard InChI is InChI=1S/C17H29BrN2S/c1-5-19-17-7-12(2)6-13(3)16(17)10-20(4)9-15-8-14(18)11-21-15/h8,11-13,16-17,19H,5-7,9-10H2,1-4H3. The number of nitrogens with one attached hydrogen (secondary N) is 1. The molecule has 1 aliphatic rings. The fourth-order valence-corrected chi connectivity index (χ4v) is 5.37. The molecule has 4 unspecified atom stereocenters. The molecule has 1 N–H and O–H groups in total. The summed E-state index contributed by atoms with van der Waals surface area (Å²) >= 11 is 5.40. The van der Waals surface area contributed by atoms with Gasteiger partial charge in [0.2, 0.25) is 0 Å². The summed E-state index contributed by atoms with van der Waals surface area (Å²) in [5.74, 6) is 2.45. The average Bonchev–Trinajstić information content (AvgIpc) is 2.79. The summed E-state index contributed by atoms with van der Waals surface area (Å²) in [5.41, 5.74) is 0. The lowest BCUT2D eigenvalue weighted by atomic mass is 9.72. The lowest BCUT2D eigenvalue weighted by molar-refractivity contribution is 0.110. The highest BCUT2D eigenvalue weighted by atomic mass is 79.9. The van der Waals surface area contributed by atoms with Crippen LogP contribution in [0.5, 0.6) is 0 Å². The fourth-order valence-electron chi connectivity index (χ4n) is 3.84. The Labute approximate surface area is 142 Å². The van der Waals surface area contributed by atoms with Crippen LogP contribution < -0.4 is 5.32 Å². The van der Waals surface area contributed by atoms with Crippen molar-refractivity contribution in [2.75, 3.05) is 20.1 Å². The average molecular weight is 373 g/mol. The number of thiophene rings is 1. The van der Waals surface area contributed by atoms with E-state index in [1.165, 1.54) is 28.7 Å². The Morgan fingerprint density at radius 3 is 2.76 bits per heavy atom. The van der Waals surface area contributed by atoms with E-state index in [0.717, 1.165) is 30.8 Å². The van der Waals surface area contributed by atoms with E-state index in [1.807, 2.05) is 11.3 Å². The number of halogens is 1. The molecule has 0 spiro atoms. The summed E-state index contributed by atoms with van der Waals surface area (Å²) in [5, 5.41) is 5.91. The van der Waals surface area contributed by atoms with Crippen molar-refractivity contribution >= 4 is 27.3 Å². The third-order valence-electron chi connectivity index (χ3n) is 4.71. The van der Waals surface area contributed by atoms with E-state index in [9.17, 15) is 0 Å². The minimum atomic E-state index is 0.686. The lowest BCUT2D eigenvalue weighted by Crippen LogP contribution is -2.48. The first-order chi connectivity index (χ1) is 9.99. The second-order valence-corrected chi connectivity index (χ2v) is 8.72. The summed E-state index contributed by atoms with van der Waals surface area (Å²) in [7, 11) is 2.27. The predicted octanol–water partition coefficient (Wildman–Crippen LogP) is 4.60. The molecule has 2 rings (SSSR count). The maximum absolute atomic E-state index is 3.74. The minimum absolute atomic E-state index is 0.686. The first-order valence-corrected chi connectivity index (χ1v) is 9.81. The van der Waals surface area contributed by atoms with Crippen molar-refractivity contribution < 1.29 is 0 Å². The van der Waals surface area contributed by atoms with E-state index in [-0.39, 0.29) is 0 Å². The van der Waals surface area contributed by atoms with E-state index in [0.29, 0.717) is 6.04 Å². The topological polar surface area (TPSA) is 15.3 Å². The van der Waals surface area contributed by atoms with Crippen molar-refractivity contribution in [1.29, 1.82) is 0 Å². The maximum atomic E-state index is 3.74. The first-order valence-electron chi connectivity index (χ1n) is 8.14. The van der Waals surface area contributed by atoms with Gasteiger partial charge >= 0.3 is 0 Å². The van der Waals surface area contributed by atoms with Crippen LogP contribution >= 0.6 is 27.3 Å². The Morgan fingerprint density at radius 1 is 1.38 bits per heavy atom. The van der Waals surface area contributed by atoms with Crippen molar-refractivity contribution in [3.63, 3.8) is 0 Å². The number of rotatable bonds is 6. The molecular formula is C17H29BrN2S. The Morgan fingerprint density at radius 2 is 2.14 bits per heavy atom. The van der Waals surface area contributed by atoms with E-state index in [1.54, 1.807) is 0 Å². The molecule has 1 aromatic rings. The van der Waals surface area contributed by atoms with Gasteiger partial charge in [-0.1, -0.05) is 20.8 Å². The molecule has 2 nitrogen and oxygen atoms in total. The quantitative estimate of drug-likeness (QED) is 0.784. The summed E-state index contributed by atoms with van der Waals surface area (Å²) in [4.78, 5) is 3.95. The molecule has 0 bridgehead atoms. The van der Waals surface area contributed by atoms with Crippen LogP contribution in [-0.2, 0) is 6.54 Å². The van der Waals surface area contributed by atoms with Crippen LogP contribution in [-0.4, -0.2) is 31.1 Å². The van der Waals surface area contributed by atoms with Crippen LogP contribution in [0.1, 0.15) is 38.5 Å². The van der Waals surface area contributed by atoms with Crippen molar-refractivity contribution in [1.82, 2.24) is 10.2 Å². The molecule has 1 aromatic heterocycles. The zero-order valence-electron chi connectivity index (χ0n) is 13.7. The second kappa shape index (κ2) is 8.09. The largest absolute Gasteiger partial charge is 0.314 e. The number of hydrogen-bond donors (Lipinski definition) is 1. The summed E-state index contributed by atoms with van der Waals surface area (Å²) in [6.45, 7) is 10.4. The minimum Gasteiger partial charge on any atom is -0.314 e. The Balaban J connectivity index is 1.94. The molecular weight excluding hydrogens is 344 g/mol. The number of hydrogen-bond acceptors (Lipinski definition) is 3. The van der Waals surface area contributed by atoms with Crippen LogP contribution in [0.4, 0.5) is 0 Å². The SMILES string of the molecule is CCNC1CC(C)CC(C)C1CN(C)Cc1cc(Br)cs1. The van der Waals surface area contributed by atoms with Crippen LogP contribution in [0.25, 0.3) is 0 Å². The third kappa shape index (κ3) is 5.05. The molecule has 1 aliphatic carbocycles. The Hall–Kier alpha value is 0.1000. The van der Waals surface area contributed by atoms with Gasteiger partial charge in [0.1, 0.15) is 0 Å². The molecule has 1 heterocycles. The fraction of sp³-hybridized carbons (Fsp3) is 0.765. The molecule has 0 radical (unpaired) electrons. The molecule has 0 amide bonds. The molecule has 0 saturated heterocycles. The van der Waals surface area contributed by atoms with Gasteiger partial charge in [-0.05, 0) is 66.2 Å². The van der Waals surface area contributed by atoms with Crippen LogP contribution in [0.2, 0.25) is 0 Å². The molecule has 21 heavy (non-hydrogen) atoms. The summed E-state index contributed by atoms with van der Waals surface area (Å²) in [6.07, 6.45) is 2.71. The first kappa shape index (κ1) is 17.5. The molecule has 120 valence electrons. The van der Waals surface area contributed by atoms with Gasteiger partial charge in [0.25, 0.3) is 0 Å². The van der Waals surface area contributed by atoms with Crippen molar-refractivity contribution in [3.05, 3.63) is 20.8 Å². The zero-order valence-corrected chi connectivity index (χ0v) is 16.1. The number of nitrogens with zero attached hydrogens (tertiary/aromatic N) is 1. The molecule has 0 aliphatic heterocycles. The molecule has 4 heteroatoms. The third-order valence-corrected chi connectivity index (χ3v) is 6.40. The Kier molecular flexibility index (Phi) is 6.73. The van der Waals surface area contributed by atoms with E-state index in [4.69, 9.17) is 0 Å². The van der Waals surface area contributed by atoms with Gasteiger partial charge in [-0.3, -0.25) is 0 Å². The Bertz CT molecular complexity index is 434. The zero-order chi connectivity index (χ0) is 15.4. The van der Waals surface area contributed by atoms with Crippen molar-refractivity contribution in [3.8, 4) is 0 Å². The highest BCUT2D eigenvalue weighted by Gasteiger charge is 2.33. The maximum Gasteiger partial charge on any atom is 0.0325 e. The predicted molar refractivity (Wildman–Crippen MR) is 96.9 cm³/mol. The summed E-state index contributed by atoms with van der Waals surface area (Å²) in [6, 6.07) is 2.93. The lowest BCUT2D eigenvalue weighted by Gasteiger charge is -2.41. The van der Waals surface area contributed by atoms with Crippen LogP contribution in [0.15, 0.2) is 15.9 Å². The summed E-state index contributed by atoms with van der Waals surface area (Å²) < 4.78 is 1.21. The monoisotopic (exact) mass is 372 g/mol. The highest BCUT2D eigenvalue weighted by Crippen LogP contribution is 2.34. The molecule has 1 fully saturated rings. The molecule has 4 atom stereocenters. The van der Waals surface area contributed by atoms with Gasteiger partial charge in [-0.25, -0.2) is 0 Å². The van der Waals surface area contributed by atoms with E-state index >= 15 is 0 Å². The van der Waals surface area contributed by atoms with Crippen molar-refractivity contribution in [2.45, 2.75) is 46.2 Å². The van der Waals surface area contributed by atoms with Crippen LogP contribution in [0.3, 0.4) is 0 Å².